The molecule has 0 aliphatic carbocycles. The Hall–Kier alpha value is -4.15. The number of carbonyl (C=O) groups is 2. The second kappa shape index (κ2) is 11.9. The van der Waals surface area contributed by atoms with E-state index >= 15 is 0 Å². The summed E-state index contributed by atoms with van der Waals surface area (Å²) >= 11 is 2.69. The summed E-state index contributed by atoms with van der Waals surface area (Å²) in [6.07, 6.45) is 0.857. The molecule has 1 atom stereocenters. The predicted octanol–water partition coefficient (Wildman–Crippen LogP) is 6.26. The zero-order valence-electron chi connectivity index (χ0n) is 21.9. The number of rotatable bonds is 9. The maximum Gasteiger partial charge on any atom is 0.301 e. The number of hydrogen-bond acceptors (Lipinski definition) is 9. The van der Waals surface area contributed by atoms with Gasteiger partial charge in [-0.05, 0) is 60.9 Å². The highest BCUT2D eigenvalue weighted by molar-refractivity contribution is 8.00. The molecule has 2 heterocycles. The monoisotopic (exact) mass is 573 g/mol. The SMILES string of the molecule is CCCOc1ccc(/C(O)=C2/C(=O)C(=O)N(c3nnc(SCc4ccc(C)cc4)s3)C2c2ccc(O)cc2)cc1. The number of ketones is 1. The highest BCUT2D eigenvalue weighted by Gasteiger charge is 2.48. The number of aryl methyl sites for hydroxylation is 1. The number of amides is 1. The number of phenolic OH excluding ortho intramolecular Hbond substituents is 1. The zero-order chi connectivity index (χ0) is 28.2. The highest BCUT2D eigenvalue weighted by Crippen LogP contribution is 2.44. The summed E-state index contributed by atoms with van der Waals surface area (Å²) in [5, 5.41) is 29.9. The van der Waals surface area contributed by atoms with Crippen molar-refractivity contribution in [3.05, 3.63) is 101 Å². The fraction of sp³-hybridized carbons (Fsp3) is 0.200. The first-order chi connectivity index (χ1) is 19.4. The van der Waals surface area contributed by atoms with Gasteiger partial charge in [-0.1, -0.05) is 72.0 Å². The lowest BCUT2D eigenvalue weighted by Crippen LogP contribution is -2.29. The van der Waals surface area contributed by atoms with E-state index in [1.54, 1.807) is 36.4 Å². The standard InChI is InChI=1S/C30H27N3O5S2/c1-3-16-38-23-14-10-21(11-15-23)26(35)24-25(20-8-12-22(34)13-9-20)33(28(37)27(24)36)29-31-32-30(40-29)39-17-19-6-4-18(2)5-7-19/h4-15,25,34-35H,3,16-17H2,1-2H3/b26-24-. The molecule has 40 heavy (non-hydrogen) atoms. The number of ether oxygens (including phenoxy) is 1. The molecule has 0 saturated carbocycles. The smallest absolute Gasteiger partial charge is 0.301 e. The van der Waals surface area contributed by atoms with E-state index < -0.39 is 17.7 Å². The number of phenols is 1. The van der Waals surface area contributed by atoms with Crippen LogP contribution in [-0.4, -0.2) is 38.7 Å². The van der Waals surface area contributed by atoms with E-state index in [9.17, 15) is 19.8 Å². The summed E-state index contributed by atoms with van der Waals surface area (Å²) in [5.74, 6) is -0.598. The minimum absolute atomic E-state index is 0.0362. The van der Waals surface area contributed by atoms with Crippen LogP contribution in [0.15, 0.2) is 82.7 Å². The third kappa shape index (κ3) is 5.73. The Morgan fingerprint density at radius 2 is 1.70 bits per heavy atom. The molecule has 5 rings (SSSR count). The van der Waals surface area contributed by atoms with E-state index in [0.29, 0.717) is 33.6 Å². The third-order valence-electron chi connectivity index (χ3n) is 6.34. The van der Waals surface area contributed by atoms with Crippen molar-refractivity contribution in [2.24, 2.45) is 0 Å². The Morgan fingerprint density at radius 3 is 2.38 bits per heavy atom. The lowest BCUT2D eigenvalue weighted by molar-refractivity contribution is -0.132. The minimum Gasteiger partial charge on any atom is -0.508 e. The third-order valence-corrected chi connectivity index (χ3v) is 8.47. The Kier molecular flexibility index (Phi) is 8.18. The molecule has 1 aromatic heterocycles. The van der Waals surface area contributed by atoms with Gasteiger partial charge < -0.3 is 14.9 Å². The van der Waals surface area contributed by atoms with Crippen molar-refractivity contribution in [2.75, 3.05) is 11.5 Å². The van der Waals surface area contributed by atoms with Gasteiger partial charge in [-0.25, -0.2) is 0 Å². The number of aromatic hydroxyl groups is 1. The maximum absolute atomic E-state index is 13.4. The number of Topliss-reactive ketones (excluding diaryl/α,β-unsaturated/α-hetero) is 1. The van der Waals surface area contributed by atoms with Gasteiger partial charge in [-0.3, -0.25) is 14.5 Å². The molecule has 8 nitrogen and oxygen atoms in total. The molecule has 0 bridgehead atoms. The number of carbonyl (C=O) groups excluding carboxylic acids is 2. The Labute approximate surface area is 240 Å². The van der Waals surface area contributed by atoms with Crippen LogP contribution in [0.5, 0.6) is 11.5 Å². The molecule has 10 heteroatoms. The number of aromatic nitrogens is 2. The minimum atomic E-state index is -0.959. The van der Waals surface area contributed by atoms with E-state index in [0.717, 1.165) is 12.0 Å². The summed E-state index contributed by atoms with van der Waals surface area (Å²) in [4.78, 5) is 28.0. The number of benzene rings is 3. The van der Waals surface area contributed by atoms with Gasteiger partial charge in [0.05, 0.1) is 18.2 Å². The van der Waals surface area contributed by atoms with Gasteiger partial charge in [0.1, 0.15) is 17.3 Å². The van der Waals surface area contributed by atoms with Crippen LogP contribution in [0, 0.1) is 6.92 Å². The molecule has 1 aliphatic rings. The highest BCUT2D eigenvalue weighted by atomic mass is 32.2. The van der Waals surface area contributed by atoms with E-state index in [-0.39, 0.29) is 22.2 Å². The fourth-order valence-corrected chi connectivity index (χ4v) is 6.10. The number of nitrogens with zero attached hydrogens (tertiary/aromatic N) is 3. The van der Waals surface area contributed by atoms with Crippen LogP contribution in [0.3, 0.4) is 0 Å². The van der Waals surface area contributed by atoms with Crippen LogP contribution in [0.25, 0.3) is 5.76 Å². The largest absolute Gasteiger partial charge is 0.508 e. The average molecular weight is 574 g/mol. The van der Waals surface area contributed by atoms with Crippen molar-refractivity contribution in [1.82, 2.24) is 10.2 Å². The molecule has 1 amide bonds. The van der Waals surface area contributed by atoms with Crippen LogP contribution in [0.2, 0.25) is 0 Å². The second-order valence-corrected chi connectivity index (χ2v) is 11.4. The summed E-state index contributed by atoms with van der Waals surface area (Å²) < 4.78 is 6.26. The van der Waals surface area contributed by atoms with Gasteiger partial charge in [-0.15, -0.1) is 10.2 Å². The first-order valence-corrected chi connectivity index (χ1v) is 14.5. The van der Waals surface area contributed by atoms with Crippen LogP contribution < -0.4 is 9.64 Å². The average Bonchev–Trinajstić information content (AvgIpc) is 3.54. The molecule has 3 aromatic carbocycles. The predicted molar refractivity (Wildman–Crippen MR) is 156 cm³/mol. The van der Waals surface area contributed by atoms with Gasteiger partial charge >= 0.3 is 5.91 Å². The van der Waals surface area contributed by atoms with E-state index in [4.69, 9.17) is 4.74 Å². The number of aliphatic hydroxyl groups is 1. The van der Waals surface area contributed by atoms with Gasteiger partial charge in [0, 0.05) is 11.3 Å². The molecule has 2 N–H and O–H groups in total. The molecule has 1 fully saturated rings. The number of thioether (sulfide) groups is 1. The van der Waals surface area contributed by atoms with Crippen molar-refractivity contribution in [3.8, 4) is 11.5 Å². The van der Waals surface area contributed by atoms with Crippen molar-refractivity contribution < 1.29 is 24.5 Å². The fourth-order valence-electron chi connectivity index (χ4n) is 4.27. The summed E-state index contributed by atoms with van der Waals surface area (Å²) in [6.45, 7) is 4.60. The molecule has 1 unspecified atom stereocenters. The maximum atomic E-state index is 13.4. The Balaban J connectivity index is 1.49. The zero-order valence-corrected chi connectivity index (χ0v) is 23.5. The lowest BCUT2D eigenvalue weighted by Gasteiger charge is -2.22. The van der Waals surface area contributed by atoms with E-state index in [2.05, 4.69) is 22.3 Å². The molecule has 204 valence electrons. The Morgan fingerprint density at radius 1 is 1.00 bits per heavy atom. The van der Waals surface area contributed by atoms with Crippen molar-refractivity contribution in [1.29, 1.82) is 0 Å². The molecular weight excluding hydrogens is 546 g/mol. The van der Waals surface area contributed by atoms with E-state index in [1.807, 2.05) is 26.0 Å². The summed E-state index contributed by atoms with van der Waals surface area (Å²) in [7, 11) is 0. The second-order valence-electron chi connectivity index (χ2n) is 9.26. The van der Waals surface area contributed by atoms with Crippen molar-refractivity contribution in [2.45, 2.75) is 36.4 Å². The molecule has 0 spiro atoms. The van der Waals surface area contributed by atoms with E-state index in [1.165, 1.54) is 45.7 Å². The molecule has 1 aliphatic heterocycles. The van der Waals surface area contributed by atoms with Crippen LogP contribution in [0.1, 0.15) is 41.6 Å². The van der Waals surface area contributed by atoms with Crippen molar-refractivity contribution in [3.63, 3.8) is 0 Å². The molecule has 4 aromatic rings. The quantitative estimate of drug-likeness (QED) is 0.0793. The number of hydrogen-bond donors (Lipinski definition) is 2. The lowest BCUT2D eigenvalue weighted by atomic mass is 9.95. The van der Waals surface area contributed by atoms with Crippen molar-refractivity contribution >= 4 is 45.7 Å². The normalized spacial score (nSPS) is 16.4. The summed E-state index contributed by atoms with van der Waals surface area (Å²) in [5.41, 5.74) is 3.14. The molecular formula is C30H27N3O5S2. The topological polar surface area (TPSA) is 113 Å². The van der Waals surface area contributed by atoms with Crippen LogP contribution >= 0.6 is 23.1 Å². The first-order valence-electron chi connectivity index (χ1n) is 12.7. The first kappa shape index (κ1) is 27.4. The van der Waals surface area contributed by atoms with Gasteiger partial charge in [0.2, 0.25) is 5.13 Å². The number of anilines is 1. The van der Waals surface area contributed by atoms with Crippen LogP contribution in [-0.2, 0) is 15.3 Å². The van der Waals surface area contributed by atoms with Gasteiger partial charge in [0.15, 0.2) is 4.34 Å². The Bertz CT molecular complexity index is 1550. The number of aliphatic hydroxyl groups excluding tert-OH is 1. The molecule has 0 radical (unpaired) electrons. The summed E-state index contributed by atoms with van der Waals surface area (Å²) in [6, 6.07) is 20.1. The van der Waals surface area contributed by atoms with Crippen LogP contribution in [0.4, 0.5) is 5.13 Å². The van der Waals surface area contributed by atoms with Gasteiger partial charge in [0.25, 0.3) is 5.78 Å². The van der Waals surface area contributed by atoms with Gasteiger partial charge in [-0.2, -0.15) is 0 Å². The molecule has 1 saturated heterocycles.